The van der Waals surface area contributed by atoms with E-state index in [4.69, 9.17) is 0 Å². The summed E-state index contributed by atoms with van der Waals surface area (Å²) < 4.78 is 0. The molecule has 42 valence electrons. The number of hydrogen-bond acceptors (Lipinski definition) is 4. The van der Waals surface area contributed by atoms with E-state index in [1.165, 1.54) is 0 Å². The van der Waals surface area contributed by atoms with E-state index in [-0.39, 0.29) is 0 Å². The molecule has 0 aromatic heterocycles. The fraction of sp³-hybridized carbons (Fsp3) is 1.00. The van der Waals surface area contributed by atoms with Gasteiger partial charge in [0.25, 0.3) is 0 Å². The van der Waals surface area contributed by atoms with Crippen LogP contribution < -0.4 is 21.7 Å². The molecule has 4 heteroatoms. The van der Waals surface area contributed by atoms with Crippen molar-refractivity contribution in [3.63, 3.8) is 0 Å². The molecule has 0 aliphatic carbocycles. The fourth-order valence-electron chi connectivity index (χ4n) is 0.489. The molecule has 0 unspecified atom stereocenters. The van der Waals surface area contributed by atoms with Crippen LogP contribution in [0.1, 0.15) is 6.92 Å². The van der Waals surface area contributed by atoms with Crippen LogP contribution in [0.15, 0.2) is 0 Å². The zero-order chi connectivity index (χ0) is 5.11. The predicted octanol–water partition coefficient (Wildman–Crippen LogP) is -1.51. The lowest BCUT2D eigenvalue weighted by atomic mass is 10.6. The number of hydrazine groups is 2. The summed E-state index contributed by atoms with van der Waals surface area (Å²) in [5, 5.41) is 0. The molecule has 4 N–H and O–H groups in total. The quantitative estimate of drug-likeness (QED) is 0.300. The van der Waals surface area contributed by atoms with E-state index in [2.05, 4.69) is 21.7 Å². The van der Waals surface area contributed by atoms with Gasteiger partial charge in [-0.15, -0.1) is 0 Å². The smallest absolute Gasteiger partial charge is 0.0804 e. The molecule has 0 saturated carbocycles. The minimum absolute atomic E-state index is 0.314. The summed E-state index contributed by atoms with van der Waals surface area (Å²) in [6.07, 6.45) is 0.314. The Kier molecular flexibility index (Phi) is 1.59. The highest BCUT2D eigenvalue weighted by molar-refractivity contribution is 4.53. The third kappa shape index (κ3) is 1.40. The van der Waals surface area contributed by atoms with Crippen LogP contribution in [0.2, 0.25) is 0 Å². The van der Waals surface area contributed by atoms with Gasteiger partial charge in [-0.3, -0.25) is 0 Å². The van der Waals surface area contributed by atoms with Gasteiger partial charge in [-0.05, 0) is 6.92 Å². The van der Waals surface area contributed by atoms with Gasteiger partial charge in [-0.1, -0.05) is 0 Å². The average Bonchev–Trinajstić information content (AvgIpc) is 1.69. The predicted molar refractivity (Wildman–Crippen MR) is 26.9 cm³/mol. The lowest BCUT2D eigenvalue weighted by molar-refractivity contribution is 0.271. The third-order valence-corrected chi connectivity index (χ3v) is 0.814. The summed E-state index contributed by atoms with van der Waals surface area (Å²) >= 11 is 0. The Hall–Kier alpha value is -0.160. The number of rotatable bonds is 0. The molecule has 0 atom stereocenters. The lowest BCUT2D eigenvalue weighted by Crippen LogP contribution is -2.61. The van der Waals surface area contributed by atoms with E-state index in [0.29, 0.717) is 6.17 Å². The number of nitrogens with one attached hydrogen (secondary N) is 4. The van der Waals surface area contributed by atoms with Crippen LogP contribution in [0.4, 0.5) is 0 Å². The summed E-state index contributed by atoms with van der Waals surface area (Å²) in [7, 11) is 0. The van der Waals surface area contributed by atoms with E-state index in [0.717, 1.165) is 6.67 Å². The minimum atomic E-state index is 0.314. The van der Waals surface area contributed by atoms with Gasteiger partial charge in [0.2, 0.25) is 0 Å². The maximum Gasteiger partial charge on any atom is 0.0804 e. The van der Waals surface area contributed by atoms with Crippen molar-refractivity contribution in [2.24, 2.45) is 0 Å². The van der Waals surface area contributed by atoms with Gasteiger partial charge in [0.15, 0.2) is 0 Å². The molecule has 1 aliphatic heterocycles. The van der Waals surface area contributed by atoms with Gasteiger partial charge in [-0.25, -0.2) is 21.7 Å². The molecular weight excluding hydrogens is 92.1 g/mol. The first kappa shape index (κ1) is 4.99. The zero-order valence-corrected chi connectivity index (χ0v) is 4.28. The van der Waals surface area contributed by atoms with Crippen LogP contribution in [0, 0.1) is 0 Å². The highest BCUT2D eigenvalue weighted by atomic mass is 15.6. The van der Waals surface area contributed by atoms with Crippen LogP contribution in [0.3, 0.4) is 0 Å². The van der Waals surface area contributed by atoms with Crippen molar-refractivity contribution in [3.8, 4) is 0 Å². The maximum absolute atomic E-state index is 2.96. The van der Waals surface area contributed by atoms with Gasteiger partial charge in [0.05, 0.1) is 12.8 Å². The highest BCUT2D eigenvalue weighted by Gasteiger charge is 2.00. The van der Waals surface area contributed by atoms with E-state index >= 15 is 0 Å². The van der Waals surface area contributed by atoms with Crippen LogP contribution >= 0.6 is 0 Å². The van der Waals surface area contributed by atoms with Crippen molar-refractivity contribution in [2.75, 3.05) is 6.67 Å². The molecular formula is C3H10N4. The monoisotopic (exact) mass is 102 g/mol. The second-order valence-corrected chi connectivity index (χ2v) is 1.54. The summed E-state index contributed by atoms with van der Waals surface area (Å²) in [5.41, 5.74) is 11.7. The van der Waals surface area contributed by atoms with Gasteiger partial charge in [0, 0.05) is 0 Å². The van der Waals surface area contributed by atoms with Crippen molar-refractivity contribution < 1.29 is 0 Å². The minimum Gasteiger partial charge on any atom is -0.241 e. The molecule has 0 bridgehead atoms. The molecule has 4 nitrogen and oxygen atoms in total. The topological polar surface area (TPSA) is 48.1 Å². The van der Waals surface area contributed by atoms with Crippen molar-refractivity contribution in [2.45, 2.75) is 13.1 Å². The van der Waals surface area contributed by atoms with Gasteiger partial charge in [-0.2, -0.15) is 0 Å². The van der Waals surface area contributed by atoms with E-state index in [1.54, 1.807) is 0 Å². The Labute approximate surface area is 42.6 Å². The Morgan fingerprint density at radius 3 is 2.14 bits per heavy atom. The summed E-state index contributed by atoms with van der Waals surface area (Å²) in [4.78, 5) is 0. The van der Waals surface area contributed by atoms with Crippen LogP contribution in [0.25, 0.3) is 0 Å². The number of hydrogen-bond donors (Lipinski definition) is 4. The maximum atomic E-state index is 2.96. The standard InChI is InChI=1S/C3H10N4/c1-3-6-4-2-5-7-3/h3-7H,2H2,1H3. The molecule has 1 heterocycles. The molecule has 0 aromatic rings. The summed E-state index contributed by atoms with van der Waals surface area (Å²) in [5.74, 6) is 0. The van der Waals surface area contributed by atoms with Crippen LogP contribution in [0.5, 0.6) is 0 Å². The Morgan fingerprint density at radius 2 is 1.86 bits per heavy atom. The average molecular weight is 102 g/mol. The van der Waals surface area contributed by atoms with E-state index < -0.39 is 0 Å². The second-order valence-electron chi connectivity index (χ2n) is 1.54. The largest absolute Gasteiger partial charge is 0.241 e. The Bertz CT molecular complexity index is 48.9. The molecule has 1 rings (SSSR count). The molecule has 1 aliphatic rings. The SMILES string of the molecule is CC1NNCNN1. The second kappa shape index (κ2) is 2.23. The molecule has 0 radical (unpaired) electrons. The molecule has 0 spiro atoms. The van der Waals surface area contributed by atoms with E-state index in [9.17, 15) is 0 Å². The normalized spacial score (nSPS) is 25.3. The van der Waals surface area contributed by atoms with Crippen LogP contribution in [-0.4, -0.2) is 12.8 Å². The van der Waals surface area contributed by atoms with Gasteiger partial charge >= 0.3 is 0 Å². The lowest BCUT2D eigenvalue weighted by Gasteiger charge is -2.22. The first-order valence-corrected chi connectivity index (χ1v) is 2.36. The first-order valence-electron chi connectivity index (χ1n) is 2.36. The van der Waals surface area contributed by atoms with Crippen molar-refractivity contribution >= 4 is 0 Å². The summed E-state index contributed by atoms with van der Waals surface area (Å²) in [6, 6.07) is 0. The molecule has 1 fully saturated rings. The Morgan fingerprint density at radius 1 is 1.29 bits per heavy atom. The summed E-state index contributed by atoms with van der Waals surface area (Å²) in [6.45, 7) is 2.78. The van der Waals surface area contributed by atoms with Crippen molar-refractivity contribution in [1.82, 2.24) is 21.7 Å². The Balaban J connectivity index is 2.12. The fourth-order valence-corrected chi connectivity index (χ4v) is 0.489. The molecule has 0 aromatic carbocycles. The van der Waals surface area contributed by atoms with Crippen molar-refractivity contribution in [3.05, 3.63) is 0 Å². The molecule has 7 heavy (non-hydrogen) atoms. The first-order chi connectivity index (χ1) is 3.39. The van der Waals surface area contributed by atoms with Gasteiger partial charge in [0.1, 0.15) is 0 Å². The third-order valence-electron chi connectivity index (χ3n) is 0.814. The highest BCUT2D eigenvalue weighted by Crippen LogP contribution is 1.68. The van der Waals surface area contributed by atoms with E-state index in [1.807, 2.05) is 6.92 Å². The zero-order valence-electron chi connectivity index (χ0n) is 4.28. The van der Waals surface area contributed by atoms with Crippen molar-refractivity contribution in [1.29, 1.82) is 0 Å². The van der Waals surface area contributed by atoms with Crippen LogP contribution in [-0.2, 0) is 0 Å². The molecule has 0 amide bonds. The van der Waals surface area contributed by atoms with Gasteiger partial charge < -0.3 is 0 Å². The molecule has 1 saturated heterocycles.